The Hall–Kier alpha value is -2.69. The second kappa shape index (κ2) is 8.80. The number of carbonyl (C=O) groups is 2. The average molecular weight is 365 g/mol. The zero-order valence-electron chi connectivity index (χ0n) is 16.1. The van der Waals surface area contributed by atoms with Crippen molar-refractivity contribution in [3.05, 3.63) is 65.5 Å². The fraction of sp³-hybridized carbons (Fsp3) is 0.409. The summed E-state index contributed by atoms with van der Waals surface area (Å²) in [5, 5.41) is 0. The van der Waals surface area contributed by atoms with Crippen LogP contribution in [-0.4, -0.2) is 46.2 Å². The Labute approximate surface area is 161 Å². The summed E-state index contributed by atoms with van der Waals surface area (Å²) >= 11 is 0. The smallest absolute Gasteiger partial charge is 0.272 e. The lowest BCUT2D eigenvalue weighted by atomic mass is 9.99. The molecule has 0 saturated carbocycles. The molecular weight excluding hydrogens is 338 g/mol. The molecule has 2 aromatic rings. The first kappa shape index (κ1) is 19.1. The van der Waals surface area contributed by atoms with Crippen LogP contribution in [0.1, 0.15) is 59.0 Å². The van der Waals surface area contributed by atoms with Gasteiger partial charge >= 0.3 is 0 Å². The van der Waals surface area contributed by atoms with Crippen molar-refractivity contribution < 1.29 is 9.59 Å². The van der Waals surface area contributed by atoms with E-state index in [1.54, 1.807) is 30.3 Å². The number of benzene rings is 1. The van der Waals surface area contributed by atoms with Crippen molar-refractivity contribution in [1.29, 1.82) is 0 Å². The number of hydrogen-bond donors (Lipinski definition) is 0. The Kier molecular flexibility index (Phi) is 6.22. The number of hydrogen-bond acceptors (Lipinski definition) is 3. The summed E-state index contributed by atoms with van der Waals surface area (Å²) in [4.78, 5) is 33.5. The van der Waals surface area contributed by atoms with Gasteiger partial charge in [0.1, 0.15) is 5.69 Å². The van der Waals surface area contributed by atoms with Crippen LogP contribution in [0.15, 0.2) is 48.7 Å². The molecule has 0 spiro atoms. The van der Waals surface area contributed by atoms with Crippen LogP contribution in [-0.2, 0) is 6.54 Å². The molecule has 2 amide bonds. The molecule has 5 nitrogen and oxygen atoms in total. The minimum Gasteiger partial charge on any atom is -0.336 e. The summed E-state index contributed by atoms with van der Waals surface area (Å²) in [5.41, 5.74) is 1.91. The van der Waals surface area contributed by atoms with Gasteiger partial charge in [-0.05, 0) is 43.4 Å². The van der Waals surface area contributed by atoms with Crippen LogP contribution in [0.3, 0.4) is 0 Å². The maximum Gasteiger partial charge on any atom is 0.272 e. The predicted molar refractivity (Wildman–Crippen MR) is 105 cm³/mol. The van der Waals surface area contributed by atoms with Crippen molar-refractivity contribution >= 4 is 11.8 Å². The number of amides is 2. The van der Waals surface area contributed by atoms with Crippen molar-refractivity contribution in [2.45, 2.75) is 45.2 Å². The second-order valence-corrected chi connectivity index (χ2v) is 7.13. The number of nitrogens with zero attached hydrogens (tertiary/aromatic N) is 3. The predicted octanol–water partition coefficient (Wildman–Crippen LogP) is 3.76. The fourth-order valence-electron chi connectivity index (χ4n) is 3.66. The number of rotatable bonds is 5. The number of carbonyl (C=O) groups excluding carboxylic acids is 2. The van der Waals surface area contributed by atoms with Crippen LogP contribution >= 0.6 is 0 Å². The highest BCUT2D eigenvalue weighted by Crippen LogP contribution is 2.22. The highest BCUT2D eigenvalue weighted by atomic mass is 16.2. The maximum absolute atomic E-state index is 13.0. The van der Waals surface area contributed by atoms with Gasteiger partial charge in [-0.1, -0.05) is 37.3 Å². The first-order valence-electron chi connectivity index (χ1n) is 9.66. The molecule has 1 aliphatic heterocycles. The van der Waals surface area contributed by atoms with E-state index >= 15 is 0 Å². The lowest BCUT2D eigenvalue weighted by molar-refractivity contribution is 0.0608. The molecule has 1 atom stereocenters. The van der Waals surface area contributed by atoms with Gasteiger partial charge in [-0.3, -0.25) is 14.6 Å². The minimum atomic E-state index is -0.181. The van der Waals surface area contributed by atoms with E-state index in [0.717, 1.165) is 31.4 Å². The van der Waals surface area contributed by atoms with Gasteiger partial charge in [0.05, 0.1) is 0 Å². The normalized spacial score (nSPS) is 16.8. The van der Waals surface area contributed by atoms with E-state index in [-0.39, 0.29) is 11.8 Å². The Balaban J connectivity index is 1.74. The van der Waals surface area contributed by atoms with Crippen molar-refractivity contribution in [3.8, 4) is 0 Å². The van der Waals surface area contributed by atoms with Crippen LogP contribution in [0.2, 0.25) is 0 Å². The molecule has 1 aromatic carbocycles. The van der Waals surface area contributed by atoms with Crippen LogP contribution in [0.4, 0.5) is 0 Å². The van der Waals surface area contributed by atoms with E-state index < -0.39 is 0 Å². The third kappa shape index (κ3) is 4.54. The van der Waals surface area contributed by atoms with Crippen LogP contribution in [0, 0.1) is 0 Å². The number of likely N-dealkylation sites (tertiary alicyclic amines) is 1. The summed E-state index contributed by atoms with van der Waals surface area (Å²) in [6.07, 6.45) is 5.79. The molecule has 1 aromatic heterocycles. The zero-order valence-corrected chi connectivity index (χ0v) is 16.1. The van der Waals surface area contributed by atoms with Crippen molar-refractivity contribution in [1.82, 2.24) is 14.8 Å². The summed E-state index contributed by atoms with van der Waals surface area (Å²) in [6, 6.07) is 13.5. The van der Waals surface area contributed by atoms with Crippen LogP contribution < -0.4 is 0 Å². The third-order valence-corrected chi connectivity index (χ3v) is 5.19. The van der Waals surface area contributed by atoms with Gasteiger partial charge in [0.15, 0.2) is 0 Å². The van der Waals surface area contributed by atoms with E-state index in [1.807, 2.05) is 35.2 Å². The van der Waals surface area contributed by atoms with Crippen molar-refractivity contribution in [2.75, 3.05) is 13.6 Å². The fourth-order valence-corrected chi connectivity index (χ4v) is 3.66. The van der Waals surface area contributed by atoms with E-state index in [2.05, 4.69) is 11.9 Å². The molecular formula is C22H27N3O2. The summed E-state index contributed by atoms with van der Waals surface area (Å²) in [7, 11) is 1.75. The summed E-state index contributed by atoms with van der Waals surface area (Å²) in [6.45, 7) is 3.41. The molecule has 3 rings (SSSR count). The zero-order chi connectivity index (χ0) is 19.2. The lowest BCUT2D eigenvalue weighted by Gasteiger charge is -2.35. The van der Waals surface area contributed by atoms with Gasteiger partial charge in [0, 0.05) is 37.9 Å². The monoisotopic (exact) mass is 365 g/mol. The van der Waals surface area contributed by atoms with Gasteiger partial charge in [0.25, 0.3) is 11.8 Å². The molecule has 0 N–H and O–H groups in total. The number of pyridine rings is 1. The summed E-state index contributed by atoms with van der Waals surface area (Å²) < 4.78 is 0. The van der Waals surface area contributed by atoms with Crippen molar-refractivity contribution in [3.63, 3.8) is 0 Å². The largest absolute Gasteiger partial charge is 0.336 e. The Morgan fingerprint density at radius 3 is 2.70 bits per heavy atom. The van der Waals surface area contributed by atoms with Crippen LogP contribution in [0.5, 0.6) is 0 Å². The molecule has 5 heteroatoms. The average Bonchev–Trinajstić information content (AvgIpc) is 2.73. The molecule has 1 unspecified atom stereocenters. The van der Waals surface area contributed by atoms with Gasteiger partial charge in [-0.15, -0.1) is 0 Å². The Morgan fingerprint density at radius 1 is 1.19 bits per heavy atom. The molecule has 0 aliphatic carbocycles. The standard InChI is InChI=1S/C22H27N3O2/c1-3-19-11-7-8-14-25(19)21(26)18-12-13-23-20(15-18)22(27)24(2)16-17-9-5-4-6-10-17/h4-6,9-10,12-13,15,19H,3,7-8,11,14,16H2,1-2H3. The van der Waals surface area contributed by atoms with E-state index in [9.17, 15) is 9.59 Å². The van der Waals surface area contributed by atoms with Gasteiger partial charge in [0.2, 0.25) is 0 Å². The number of aromatic nitrogens is 1. The second-order valence-electron chi connectivity index (χ2n) is 7.13. The summed E-state index contributed by atoms with van der Waals surface area (Å²) in [5.74, 6) is -0.178. The number of piperidine rings is 1. The Morgan fingerprint density at radius 2 is 1.96 bits per heavy atom. The molecule has 0 bridgehead atoms. The maximum atomic E-state index is 13.0. The first-order chi connectivity index (χ1) is 13.1. The van der Waals surface area contributed by atoms with Gasteiger partial charge < -0.3 is 9.80 Å². The molecule has 142 valence electrons. The minimum absolute atomic E-state index is 0.00344. The van der Waals surface area contributed by atoms with E-state index in [4.69, 9.17) is 0 Å². The van der Waals surface area contributed by atoms with Gasteiger partial charge in [-0.2, -0.15) is 0 Å². The SMILES string of the molecule is CCC1CCCCN1C(=O)c1ccnc(C(=O)N(C)Cc2ccccc2)c1. The molecule has 0 radical (unpaired) electrons. The Bertz CT molecular complexity index is 791. The molecule has 1 saturated heterocycles. The van der Waals surface area contributed by atoms with Crippen molar-refractivity contribution in [2.24, 2.45) is 0 Å². The molecule has 1 aliphatic rings. The lowest BCUT2D eigenvalue weighted by Crippen LogP contribution is -2.43. The quantitative estimate of drug-likeness (QED) is 0.811. The first-order valence-corrected chi connectivity index (χ1v) is 9.66. The molecule has 27 heavy (non-hydrogen) atoms. The molecule has 1 fully saturated rings. The van der Waals surface area contributed by atoms with E-state index in [0.29, 0.717) is 23.8 Å². The third-order valence-electron chi connectivity index (χ3n) is 5.19. The van der Waals surface area contributed by atoms with E-state index in [1.165, 1.54) is 6.42 Å². The molecule has 2 heterocycles. The van der Waals surface area contributed by atoms with Gasteiger partial charge in [-0.25, -0.2) is 0 Å². The highest BCUT2D eigenvalue weighted by molar-refractivity contribution is 5.98. The van der Waals surface area contributed by atoms with Crippen LogP contribution in [0.25, 0.3) is 0 Å². The highest BCUT2D eigenvalue weighted by Gasteiger charge is 2.27. The topological polar surface area (TPSA) is 53.5 Å².